The number of rotatable bonds is 4. The van der Waals surface area contributed by atoms with Gasteiger partial charge in [0.15, 0.2) is 11.6 Å². The lowest BCUT2D eigenvalue weighted by Crippen LogP contribution is -2.30. The molecule has 0 amide bonds. The Morgan fingerprint density at radius 3 is 2.06 bits per heavy atom. The lowest BCUT2D eigenvalue weighted by atomic mass is 9.73. The minimum atomic E-state index is -0.447. The smallest absolute Gasteiger partial charge is 0.163 e. The SMILES string of the molecule is O=C1CCCC2=C1C(c1cc(Br)c(OCc3ccccc3F)c(Br)c1)C1=C(CCCC1=O)O2. The number of hydrogen-bond donors (Lipinski definition) is 0. The monoisotopic (exact) mass is 574 g/mol. The summed E-state index contributed by atoms with van der Waals surface area (Å²) in [5.74, 6) is 1.25. The number of allylic oxidation sites excluding steroid dienone is 4. The summed E-state index contributed by atoms with van der Waals surface area (Å²) < 4.78 is 27.3. The van der Waals surface area contributed by atoms with Gasteiger partial charge in [0.05, 0.1) is 8.95 Å². The summed E-state index contributed by atoms with van der Waals surface area (Å²) >= 11 is 7.16. The maximum Gasteiger partial charge on any atom is 0.163 e. The highest BCUT2D eigenvalue weighted by Gasteiger charge is 2.42. The predicted octanol–water partition coefficient (Wildman–Crippen LogP) is 7.06. The zero-order valence-electron chi connectivity index (χ0n) is 17.8. The van der Waals surface area contributed by atoms with Crippen molar-refractivity contribution in [3.05, 3.63) is 85.0 Å². The standard InChI is InChI=1S/C26H21Br2FO4/c27-16-11-15(12-17(28)26(16)32-13-14-5-1-2-6-18(14)29)23-24-19(30)7-3-9-21(24)33-22-10-4-8-20(31)25(22)23/h1-2,5-6,11-12,23H,3-4,7-10,13H2. The van der Waals surface area contributed by atoms with Crippen LogP contribution in [0.4, 0.5) is 4.39 Å². The van der Waals surface area contributed by atoms with Crippen molar-refractivity contribution in [2.24, 2.45) is 0 Å². The molecule has 1 aliphatic heterocycles. The Morgan fingerprint density at radius 2 is 1.48 bits per heavy atom. The fraction of sp³-hybridized carbons (Fsp3) is 0.308. The summed E-state index contributed by atoms with van der Waals surface area (Å²) in [6, 6.07) is 10.2. The molecule has 1 heterocycles. The van der Waals surface area contributed by atoms with Gasteiger partial charge in [-0.05, 0) is 68.5 Å². The van der Waals surface area contributed by atoms with Crippen LogP contribution in [-0.4, -0.2) is 11.6 Å². The van der Waals surface area contributed by atoms with Crippen LogP contribution >= 0.6 is 31.9 Å². The second kappa shape index (κ2) is 9.18. The maximum absolute atomic E-state index is 14.0. The molecule has 4 nitrogen and oxygen atoms in total. The molecule has 33 heavy (non-hydrogen) atoms. The van der Waals surface area contributed by atoms with Crippen LogP contribution < -0.4 is 4.74 Å². The fourth-order valence-electron chi connectivity index (χ4n) is 4.80. The van der Waals surface area contributed by atoms with Crippen LogP contribution in [0.2, 0.25) is 0 Å². The third-order valence-corrected chi connectivity index (χ3v) is 7.50. The molecule has 0 atom stereocenters. The van der Waals surface area contributed by atoms with Crippen LogP contribution in [0.15, 0.2) is 68.0 Å². The Balaban J connectivity index is 1.54. The lowest BCUT2D eigenvalue weighted by Gasteiger charge is -2.36. The second-order valence-corrected chi connectivity index (χ2v) is 10.2. The van der Waals surface area contributed by atoms with Gasteiger partial charge in [-0.3, -0.25) is 9.59 Å². The largest absolute Gasteiger partial charge is 0.486 e. The van der Waals surface area contributed by atoms with Gasteiger partial charge in [-0.2, -0.15) is 0 Å². The van der Waals surface area contributed by atoms with Crippen molar-refractivity contribution in [3.8, 4) is 5.75 Å². The maximum atomic E-state index is 14.0. The highest BCUT2D eigenvalue weighted by Crippen LogP contribution is 2.49. The third kappa shape index (κ3) is 4.21. The Labute approximate surface area is 208 Å². The lowest BCUT2D eigenvalue weighted by molar-refractivity contribution is -0.117. The number of ketones is 2. The molecule has 0 bridgehead atoms. The fourth-order valence-corrected chi connectivity index (χ4v) is 6.25. The first kappa shape index (κ1) is 22.5. The Morgan fingerprint density at radius 1 is 0.909 bits per heavy atom. The van der Waals surface area contributed by atoms with E-state index in [0.717, 1.165) is 18.4 Å². The number of carbonyl (C=O) groups is 2. The molecule has 0 N–H and O–H groups in total. The van der Waals surface area contributed by atoms with Crippen LogP contribution in [0.25, 0.3) is 0 Å². The zero-order chi connectivity index (χ0) is 23.1. The molecule has 2 aromatic carbocycles. The summed E-state index contributed by atoms with van der Waals surface area (Å²) in [7, 11) is 0. The number of halogens is 3. The van der Waals surface area contributed by atoms with Gasteiger partial charge in [-0.25, -0.2) is 4.39 Å². The highest BCUT2D eigenvalue weighted by molar-refractivity contribution is 9.11. The second-order valence-electron chi connectivity index (χ2n) is 8.46. The summed E-state index contributed by atoms with van der Waals surface area (Å²) in [5.41, 5.74) is 2.49. The Bertz CT molecular complexity index is 1170. The third-order valence-electron chi connectivity index (χ3n) is 6.32. The van der Waals surface area contributed by atoms with Gasteiger partial charge in [0.2, 0.25) is 0 Å². The van der Waals surface area contributed by atoms with Crippen molar-refractivity contribution in [3.63, 3.8) is 0 Å². The van der Waals surface area contributed by atoms with E-state index < -0.39 is 5.92 Å². The molecule has 0 radical (unpaired) electrons. The number of Topliss-reactive ketones (excluding diaryl/α,β-unsaturated/α-hetero) is 2. The van der Waals surface area contributed by atoms with Crippen molar-refractivity contribution < 1.29 is 23.5 Å². The molecule has 2 aliphatic carbocycles. The van der Waals surface area contributed by atoms with Gasteiger partial charge in [0, 0.05) is 48.3 Å². The molecule has 170 valence electrons. The van der Waals surface area contributed by atoms with E-state index in [4.69, 9.17) is 9.47 Å². The number of benzene rings is 2. The number of carbonyl (C=O) groups excluding carboxylic acids is 2. The molecule has 0 saturated heterocycles. The van der Waals surface area contributed by atoms with Crippen LogP contribution in [0.3, 0.4) is 0 Å². The van der Waals surface area contributed by atoms with Gasteiger partial charge >= 0.3 is 0 Å². The van der Waals surface area contributed by atoms with E-state index in [1.54, 1.807) is 18.2 Å². The van der Waals surface area contributed by atoms with Gasteiger partial charge in [-0.1, -0.05) is 18.2 Å². The van der Waals surface area contributed by atoms with Crippen molar-refractivity contribution >= 4 is 43.4 Å². The van der Waals surface area contributed by atoms with Gasteiger partial charge in [0.1, 0.15) is 29.7 Å². The summed E-state index contributed by atoms with van der Waals surface area (Å²) in [6.07, 6.45) is 3.85. The quantitative estimate of drug-likeness (QED) is 0.392. The van der Waals surface area contributed by atoms with E-state index in [1.165, 1.54) is 6.07 Å². The van der Waals surface area contributed by atoms with Crippen molar-refractivity contribution in [2.75, 3.05) is 0 Å². The number of ether oxygens (including phenoxy) is 2. The predicted molar refractivity (Wildman–Crippen MR) is 128 cm³/mol. The average Bonchev–Trinajstić information content (AvgIpc) is 2.78. The molecule has 0 aromatic heterocycles. The molecular formula is C26H21Br2FO4. The molecule has 0 spiro atoms. The molecule has 7 heteroatoms. The first-order valence-corrected chi connectivity index (χ1v) is 12.6. The zero-order valence-corrected chi connectivity index (χ0v) is 20.9. The first-order valence-electron chi connectivity index (χ1n) is 11.0. The Kier molecular flexibility index (Phi) is 6.27. The van der Waals surface area contributed by atoms with Crippen LogP contribution in [0.5, 0.6) is 5.75 Å². The van der Waals surface area contributed by atoms with E-state index in [9.17, 15) is 14.0 Å². The van der Waals surface area contributed by atoms with Gasteiger partial charge in [-0.15, -0.1) is 0 Å². The molecule has 2 aromatic rings. The molecule has 0 fully saturated rings. The van der Waals surface area contributed by atoms with E-state index in [2.05, 4.69) is 31.9 Å². The van der Waals surface area contributed by atoms with Gasteiger partial charge in [0.25, 0.3) is 0 Å². The van der Waals surface area contributed by atoms with Crippen LogP contribution in [0, 0.1) is 5.82 Å². The minimum Gasteiger partial charge on any atom is -0.486 e. The summed E-state index contributed by atoms with van der Waals surface area (Å²) in [4.78, 5) is 25.9. The summed E-state index contributed by atoms with van der Waals surface area (Å²) in [6.45, 7) is 0.0715. The minimum absolute atomic E-state index is 0.0401. The molecule has 5 rings (SSSR count). The van der Waals surface area contributed by atoms with E-state index in [-0.39, 0.29) is 24.0 Å². The first-order chi connectivity index (χ1) is 15.9. The van der Waals surface area contributed by atoms with E-state index >= 15 is 0 Å². The van der Waals surface area contributed by atoms with Crippen molar-refractivity contribution in [1.82, 2.24) is 0 Å². The molecule has 3 aliphatic rings. The Hall–Kier alpha value is -2.25. The van der Waals surface area contributed by atoms with E-state index in [0.29, 0.717) is 68.6 Å². The van der Waals surface area contributed by atoms with Crippen molar-refractivity contribution in [2.45, 2.75) is 51.0 Å². The van der Waals surface area contributed by atoms with Crippen LogP contribution in [0.1, 0.15) is 55.6 Å². The number of hydrogen-bond acceptors (Lipinski definition) is 4. The normalized spacial score (nSPS) is 18.8. The molecule has 0 unspecified atom stereocenters. The van der Waals surface area contributed by atoms with Gasteiger partial charge < -0.3 is 9.47 Å². The summed E-state index contributed by atoms with van der Waals surface area (Å²) in [5, 5.41) is 0. The highest BCUT2D eigenvalue weighted by atomic mass is 79.9. The van der Waals surface area contributed by atoms with Crippen molar-refractivity contribution in [1.29, 1.82) is 0 Å². The average molecular weight is 576 g/mol. The topological polar surface area (TPSA) is 52.6 Å². The van der Waals surface area contributed by atoms with Crippen LogP contribution in [-0.2, 0) is 20.9 Å². The van der Waals surface area contributed by atoms with E-state index in [1.807, 2.05) is 12.1 Å². The molecule has 0 saturated carbocycles. The molecular weight excluding hydrogens is 555 g/mol.